The maximum atomic E-state index is 5.39. The van der Waals surface area contributed by atoms with Gasteiger partial charge in [-0.25, -0.2) is 0 Å². The zero-order chi connectivity index (χ0) is 7.98. The number of nitrogens with two attached hydrogens (primary N) is 2. The molecule has 56 valence electrons. The summed E-state index contributed by atoms with van der Waals surface area (Å²) in [5.74, 6) is 0.525. The topological polar surface area (TPSA) is 61.3 Å². The van der Waals surface area contributed by atoms with Crippen molar-refractivity contribution in [2.24, 2.45) is 11.5 Å². The van der Waals surface area contributed by atoms with Crippen molar-refractivity contribution in [3.8, 4) is 0 Å². The van der Waals surface area contributed by atoms with E-state index < -0.39 is 0 Å². The largest absolute Gasteiger partial charge is 0.495 e. The third-order valence-electron chi connectivity index (χ3n) is 0.945. The van der Waals surface area contributed by atoms with Crippen molar-refractivity contribution in [1.29, 1.82) is 0 Å². The van der Waals surface area contributed by atoms with E-state index in [1.165, 1.54) is 19.4 Å². The maximum Gasteiger partial charge on any atom is 0.136 e. The monoisotopic (exact) mass is 140 g/mol. The van der Waals surface area contributed by atoms with Crippen LogP contribution in [-0.4, -0.2) is 7.11 Å². The van der Waals surface area contributed by atoms with Crippen LogP contribution >= 0.6 is 0 Å². The van der Waals surface area contributed by atoms with E-state index in [9.17, 15) is 0 Å². The summed E-state index contributed by atoms with van der Waals surface area (Å²) in [5.41, 5.74) is 11.1. The summed E-state index contributed by atoms with van der Waals surface area (Å²) < 4.78 is 4.80. The van der Waals surface area contributed by atoms with Gasteiger partial charge in [-0.15, -0.1) is 0 Å². The van der Waals surface area contributed by atoms with Crippen LogP contribution in [0.15, 0.2) is 36.4 Å². The van der Waals surface area contributed by atoms with Crippen LogP contribution in [0.2, 0.25) is 0 Å². The van der Waals surface area contributed by atoms with Gasteiger partial charge in [0, 0.05) is 18.0 Å². The normalized spacial score (nSPS) is 12.9. The molecule has 0 bridgehead atoms. The summed E-state index contributed by atoms with van der Waals surface area (Å²) in [5, 5.41) is 0. The Morgan fingerprint density at radius 2 is 2.20 bits per heavy atom. The van der Waals surface area contributed by atoms with Gasteiger partial charge < -0.3 is 16.2 Å². The van der Waals surface area contributed by atoms with Crippen LogP contribution in [0.25, 0.3) is 0 Å². The lowest BCUT2D eigenvalue weighted by molar-refractivity contribution is 0.305. The SMILES string of the molecule is C=C/C(N)=C\C(=C/N)OC. The predicted octanol–water partition coefficient (Wildman–Crippen LogP) is 0.461. The summed E-state index contributed by atoms with van der Waals surface area (Å²) in [6, 6.07) is 0. The Hall–Kier alpha value is -1.38. The standard InChI is InChI=1S/C7H12N2O/c1-3-6(9)4-7(5-8)10-2/h3-5H,1,8-9H2,2H3/b6-4+,7-5+. The van der Waals surface area contributed by atoms with Crippen molar-refractivity contribution in [3.05, 3.63) is 36.4 Å². The molecule has 0 fully saturated rings. The molecule has 0 aromatic heterocycles. The van der Waals surface area contributed by atoms with Gasteiger partial charge in [0.15, 0.2) is 0 Å². The van der Waals surface area contributed by atoms with Crippen molar-refractivity contribution in [2.45, 2.75) is 0 Å². The van der Waals surface area contributed by atoms with Gasteiger partial charge in [0.25, 0.3) is 0 Å². The number of methoxy groups -OCH3 is 1. The number of ether oxygens (including phenoxy) is 1. The van der Waals surface area contributed by atoms with E-state index in [4.69, 9.17) is 16.2 Å². The van der Waals surface area contributed by atoms with E-state index in [0.29, 0.717) is 11.5 Å². The molecule has 0 saturated carbocycles. The molecule has 0 radical (unpaired) electrons. The van der Waals surface area contributed by atoms with E-state index in [1.54, 1.807) is 6.08 Å². The first-order valence-corrected chi connectivity index (χ1v) is 2.80. The number of hydrogen-bond donors (Lipinski definition) is 2. The van der Waals surface area contributed by atoms with Crippen LogP contribution in [0.4, 0.5) is 0 Å². The minimum absolute atomic E-state index is 0.525. The fraction of sp³-hybridized carbons (Fsp3) is 0.143. The molecule has 0 atom stereocenters. The molecular formula is C7H12N2O. The molecule has 0 saturated heterocycles. The van der Waals surface area contributed by atoms with Gasteiger partial charge in [0.05, 0.1) is 7.11 Å². The molecule has 10 heavy (non-hydrogen) atoms. The molecule has 3 heteroatoms. The van der Waals surface area contributed by atoms with Crippen LogP contribution in [0.5, 0.6) is 0 Å². The Morgan fingerprint density at radius 3 is 2.50 bits per heavy atom. The van der Waals surface area contributed by atoms with Gasteiger partial charge in [0.2, 0.25) is 0 Å². The Kier molecular flexibility index (Phi) is 3.87. The summed E-state index contributed by atoms with van der Waals surface area (Å²) in [6.07, 6.45) is 4.44. The number of allylic oxidation sites excluding steroid dienone is 2. The smallest absolute Gasteiger partial charge is 0.136 e. The van der Waals surface area contributed by atoms with Gasteiger partial charge in [-0.1, -0.05) is 6.58 Å². The second kappa shape index (κ2) is 4.49. The van der Waals surface area contributed by atoms with Gasteiger partial charge in [-0.2, -0.15) is 0 Å². The minimum Gasteiger partial charge on any atom is -0.495 e. The van der Waals surface area contributed by atoms with Gasteiger partial charge in [-0.3, -0.25) is 0 Å². The highest BCUT2D eigenvalue weighted by Gasteiger charge is 1.87. The molecule has 0 unspecified atom stereocenters. The molecule has 0 spiro atoms. The van der Waals surface area contributed by atoms with Crippen molar-refractivity contribution in [2.75, 3.05) is 7.11 Å². The number of hydrogen-bond acceptors (Lipinski definition) is 3. The highest BCUT2D eigenvalue weighted by atomic mass is 16.5. The molecule has 0 rings (SSSR count). The molecule has 0 aliphatic rings. The van der Waals surface area contributed by atoms with Crippen LogP contribution in [0.3, 0.4) is 0 Å². The highest BCUT2D eigenvalue weighted by molar-refractivity contribution is 5.22. The Bertz CT molecular complexity index is 170. The molecule has 4 N–H and O–H groups in total. The first-order chi connectivity index (χ1) is 4.74. The lowest BCUT2D eigenvalue weighted by Gasteiger charge is -1.98. The first kappa shape index (κ1) is 8.62. The Morgan fingerprint density at radius 1 is 1.60 bits per heavy atom. The quantitative estimate of drug-likeness (QED) is 0.442. The average molecular weight is 140 g/mol. The summed E-state index contributed by atoms with van der Waals surface area (Å²) in [7, 11) is 1.52. The second-order valence-corrected chi connectivity index (χ2v) is 1.62. The molecule has 0 aliphatic carbocycles. The summed E-state index contributed by atoms with van der Waals surface area (Å²) in [4.78, 5) is 0. The molecule has 0 aliphatic heterocycles. The number of rotatable bonds is 3. The zero-order valence-electron chi connectivity index (χ0n) is 6.00. The third kappa shape index (κ3) is 2.81. The van der Waals surface area contributed by atoms with Crippen LogP contribution in [0, 0.1) is 0 Å². The van der Waals surface area contributed by atoms with E-state index >= 15 is 0 Å². The van der Waals surface area contributed by atoms with E-state index in [-0.39, 0.29) is 0 Å². The van der Waals surface area contributed by atoms with Crippen LogP contribution in [-0.2, 0) is 4.74 Å². The molecule has 0 amide bonds. The van der Waals surface area contributed by atoms with E-state index in [1.807, 2.05) is 0 Å². The first-order valence-electron chi connectivity index (χ1n) is 2.80. The van der Waals surface area contributed by atoms with E-state index in [0.717, 1.165) is 0 Å². The molecule has 0 heterocycles. The molecule has 3 nitrogen and oxygen atoms in total. The van der Waals surface area contributed by atoms with Gasteiger partial charge in [-0.05, 0) is 6.08 Å². The van der Waals surface area contributed by atoms with Gasteiger partial charge in [0.1, 0.15) is 5.76 Å². The van der Waals surface area contributed by atoms with E-state index in [2.05, 4.69) is 6.58 Å². The molecule has 0 aromatic rings. The van der Waals surface area contributed by atoms with Crippen molar-refractivity contribution in [3.63, 3.8) is 0 Å². The minimum atomic E-state index is 0.525. The summed E-state index contributed by atoms with van der Waals surface area (Å²) >= 11 is 0. The predicted molar refractivity (Wildman–Crippen MR) is 41.7 cm³/mol. The Labute approximate surface area is 60.7 Å². The van der Waals surface area contributed by atoms with Gasteiger partial charge >= 0.3 is 0 Å². The highest BCUT2D eigenvalue weighted by Crippen LogP contribution is 1.97. The maximum absolute atomic E-state index is 5.39. The lowest BCUT2D eigenvalue weighted by atomic mass is 10.3. The van der Waals surface area contributed by atoms with Crippen molar-refractivity contribution >= 4 is 0 Å². The zero-order valence-corrected chi connectivity index (χ0v) is 6.00. The average Bonchev–Trinajstić information content (AvgIpc) is 1.99. The fourth-order valence-corrected chi connectivity index (χ4v) is 0.398. The molecular weight excluding hydrogens is 128 g/mol. The Balaban J connectivity index is 4.22. The third-order valence-corrected chi connectivity index (χ3v) is 0.945. The van der Waals surface area contributed by atoms with Crippen molar-refractivity contribution in [1.82, 2.24) is 0 Å². The van der Waals surface area contributed by atoms with Crippen LogP contribution < -0.4 is 11.5 Å². The van der Waals surface area contributed by atoms with Crippen molar-refractivity contribution < 1.29 is 4.74 Å². The second-order valence-electron chi connectivity index (χ2n) is 1.62. The fourth-order valence-electron chi connectivity index (χ4n) is 0.398. The summed E-state index contributed by atoms with van der Waals surface area (Å²) in [6.45, 7) is 3.47. The lowest BCUT2D eigenvalue weighted by Crippen LogP contribution is -1.96. The molecule has 0 aromatic carbocycles. The van der Waals surface area contributed by atoms with Crippen LogP contribution in [0.1, 0.15) is 0 Å².